The van der Waals surface area contributed by atoms with Gasteiger partial charge in [-0.25, -0.2) is 4.98 Å². The van der Waals surface area contributed by atoms with Crippen molar-refractivity contribution in [2.24, 2.45) is 0 Å². The van der Waals surface area contributed by atoms with Crippen molar-refractivity contribution in [2.75, 3.05) is 17.7 Å². The standard InChI is InChI=1S/C12H16N4O/c1-8-6-14-12(13)15-11(8)16(3)7-10-5-4-9(2)17-10/h4-6H,7H2,1-3H3,(H2,13,14,15). The van der Waals surface area contributed by atoms with Crippen LogP contribution < -0.4 is 10.6 Å². The Hall–Kier alpha value is -2.04. The molecule has 0 unspecified atom stereocenters. The first-order chi connectivity index (χ1) is 8.06. The molecule has 0 atom stereocenters. The lowest BCUT2D eigenvalue weighted by atomic mass is 10.3. The Bertz CT molecular complexity index is 521. The van der Waals surface area contributed by atoms with E-state index in [1.54, 1.807) is 6.20 Å². The van der Waals surface area contributed by atoms with Crippen LogP contribution in [0, 0.1) is 13.8 Å². The van der Waals surface area contributed by atoms with Crippen LogP contribution in [-0.4, -0.2) is 17.0 Å². The second-order valence-electron chi connectivity index (χ2n) is 4.10. The SMILES string of the molecule is Cc1ccc(CN(C)c2nc(N)ncc2C)o1. The average molecular weight is 232 g/mol. The quantitative estimate of drug-likeness (QED) is 0.875. The van der Waals surface area contributed by atoms with E-state index in [4.69, 9.17) is 10.2 Å². The topological polar surface area (TPSA) is 68.2 Å². The Kier molecular flexibility index (Phi) is 2.99. The molecule has 2 aromatic heterocycles. The van der Waals surface area contributed by atoms with Gasteiger partial charge >= 0.3 is 0 Å². The fraction of sp³-hybridized carbons (Fsp3) is 0.333. The van der Waals surface area contributed by atoms with Crippen LogP contribution in [0.2, 0.25) is 0 Å². The molecule has 90 valence electrons. The molecule has 5 heteroatoms. The molecule has 2 N–H and O–H groups in total. The van der Waals surface area contributed by atoms with Crippen LogP contribution in [0.1, 0.15) is 17.1 Å². The lowest BCUT2D eigenvalue weighted by Crippen LogP contribution is -2.19. The summed E-state index contributed by atoms with van der Waals surface area (Å²) in [5, 5.41) is 0. The molecular weight excluding hydrogens is 216 g/mol. The van der Waals surface area contributed by atoms with Crippen LogP contribution >= 0.6 is 0 Å². The monoisotopic (exact) mass is 232 g/mol. The summed E-state index contributed by atoms with van der Waals surface area (Å²) in [6.45, 7) is 4.54. The summed E-state index contributed by atoms with van der Waals surface area (Å²) in [7, 11) is 1.95. The summed E-state index contributed by atoms with van der Waals surface area (Å²) in [5.74, 6) is 2.92. The highest BCUT2D eigenvalue weighted by molar-refractivity contribution is 5.47. The Morgan fingerprint density at radius 3 is 2.76 bits per heavy atom. The maximum Gasteiger partial charge on any atom is 0.221 e. The second kappa shape index (κ2) is 4.45. The number of aromatic nitrogens is 2. The van der Waals surface area contributed by atoms with Crippen LogP contribution in [0.15, 0.2) is 22.7 Å². The van der Waals surface area contributed by atoms with Crippen LogP contribution in [-0.2, 0) is 6.54 Å². The van der Waals surface area contributed by atoms with Gasteiger partial charge in [0.2, 0.25) is 5.95 Å². The van der Waals surface area contributed by atoms with Crippen molar-refractivity contribution in [3.8, 4) is 0 Å². The van der Waals surface area contributed by atoms with E-state index in [2.05, 4.69) is 9.97 Å². The van der Waals surface area contributed by atoms with Gasteiger partial charge in [-0.05, 0) is 26.0 Å². The third-order valence-electron chi connectivity index (χ3n) is 2.51. The highest BCUT2D eigenvalue weighted by Crippen LogP contribution is 2.18. The highest BCUT2D eigenvalue weighted by Gasteiger charge is 2.10. The lowest BCUT2D eigenvalue weighted by Gasteiger charge is -2.18. The first-order valence-electron chi connectivity index (χ1n) is 5.42. The molecule has 2 heterocycles. The Balaban J connectivity index is 2.19. The zero-order valence-corrected chi connectivity index (χ0v) is 10.3. The van der Waals surface area contributed by atoms with Crippen molar-refractivity contribution in [3.63, 3.8) is 0 Å². The van der Waals surface area contributed by atoms with Gasteiger partial charge in [-0.2, -0.15) is 4.98 Å². The molecule has 2 rings (SSSR count). The van der Waals surface area contributed by atoms with E-state index < -0.39 is 0 Å². The zero-order valence-electron chi connectivity index (χ0n) is 10.3. The molecule has 0 radical (unpaired) electrons. The van der Waals surface area contributed by atoms with Gasteiger partial charge in [0.25, 0.3) is 0 Å². The van der Waals surface area contributed by atoms with Crippen molar-refractivity contribution < 1.29 is 4.42 Å². The zero-order chi connectivity index (χ0) is 12.4. The predicted octanol–water partition coefficient (Wildman–Crippen LogP) is 1.91. The van der Waals surface area contributed by atoms with Crippen molar-refractivity contribution in [3.05, 3.63) is 35.4 Å². The molecule has 0 amide bonds. The van der Waals surface area contributed by atoms with Crippen molar-refractivity contribution in [1.29, 1.82) is 0 Å². The van der Waals surface area contributed by atoms with Gasteiger partial charge < -0.3 is 15.1 Å². The summed E-state index contributed by atoms with van der Waals surface area (Å²) in [6.07, 6.45) is 1.72. The van der Waals surface area contributed by atoms with Gasteiger partial charge in [0, 0.05) is 18.8 Å². The molecule has 0 fully saturated rings. The third kappa shape index (κ3) is 2.55. The molecule has 0 aliphatic carbocycles. The van der Waals surface area contributed by atoms with Crippen molar-refractivity contribution in [1.82, 2.24) is 9.97 Å². The molecule has 5 nitrogen and oxygen atoms in total. The molecule has 0 aliphatic heterocycles. The number of hydrogen-bond donors (Lipinski definition) is 1. The minimum Gasteiger partial charge on any atom is -0.464 e. The summed E-state index contributed by atoms with van der Waals surface area (Å²) < 4.78 is 5.53. The maximum absolute atomic E-state index is 5.59. The molecular formula is C12H16N4O. The third-order valence-corrected chi connectivity index (χ3v) is 2.51. The van der Waals surface area contributed by atoms with E-state index >= 15 is 0 Å². The van der Waals surface area contributed by atoms with Gasteiger partial charge in [0.05, 0.1) is 6.54 Å². The van der Waals surface area contributed by atoms with Crippen molar-refractivity contribution in [2.45, 2.75) is 20.4 Å². The number of furan rings is 1. The van der Waals surface area contributed by atoms with E-state index in [1.807, 2.05) is 37.9 Å². The number of hydrogen-bond acceptors (Lipinski definition) is 5. The average Bonchev–Trinajstić information content (AvgIpc) is 2.67. The van der Waals surface area contributed by atoms with Crippen LogP contribution in [0.5, 0.6) is 0 Å². The number of nitrogen functional groups attached to an aromatic ring is 1. The summed E-state index contributed by atoms with van der Waals surface area (Å²) in [4.78, 5) is 10.2. The fourth-order valence-electron chi connectivity index (χ4n) is 1.71. The minimum atomic E-state index is 0.285. The molecule has 0 bridgehead atoms. The van der Waals surface area contributed by atoms with E-state index in [9.17, 15) is 0 Å². The Labute approximate surface area is 100 Å². The van der Waals surface area contributed by atoms with E-state index in [0.29, 0.717) is 6.54 Å². The van der Waals surface area contributed by atoms with Gasteiger partial charge in [0.15, 0.2) is 0 Å². The summed E-state index contributed by atoms with van der Waals surface area (Å²) in [5.41, 5.74) is 6.58. The van der Waals surface area contributed by atoms with E-state index in [1.165, 1.54) is 0 Å². The summed E-state index contributed by atoms with van der Waals surface area (Å²) >= 11 is 0. The van der Waals surface area contributed by atoms with Gasteiger partial charge in [-0.15, -0.1) is 0 Å². The van der Waals surface area contributed by atoms with E-state index in [0.717, 1.165) is 22.9 Å². The number of rotatable bonds is 3. The van der Waals surface area contributed by atoms with Crippen LogP contribution in [0.25, 0.3) is 0 Å². The number of nitrogens with zero attached hydrogens (tertiary/aromatic N) is 3. The van der Waals surface area contributed by atoms with Gasteiger partial charge in [0.1, 0.15) is 17.3 Å². The first kappa shape index (κ1) is 11.4. The predicted molar refractivity (Wildman–Crippen MR) is 66.7 cm³/mol. The largest absolute Gasteiger partial charge is 0.464 e. The molecule has 0 aliphatic rings. The molecule has 0 spiro atoms. The fourth-order valence-corrected chi connectivity index (χ4v) is 1.71. The smallest absolute Gasteiger partial charge is 0.221 e. The molecule has 17 heavy (non-hydrogen) atoms. The summed E-state index contributed by atoms with van der Waals surface area (Å²) in [6, 6.07) is 3.91. The molecule has 2 aromatic rings. The molecule has 0 saturated carbocycles. The maximum atomic E-state index is 5.59. The Morgan fingerprint density at radius 2 is 2.12 bits per heavy atom. The van der Waals surface area contributed by atoms with Gasteiger partial charge in [-0.1, -0.05) is 0 Å². The van der Waals surface area contributed by atoms with E-state index in [-0.39, 0.29) is 5.95 Å². The van der Waals surface area contributed by atoms with Crippen molar-refractivity contribution >= 4 is 11.8 Å². The number of nitrogens with two attached hydrogens (primary N) is 1. The van der Waals surface area contributed by atoms with Crippen LogP contribution in [0.3, 0.4) is 0 Å². The van der Waals surface area contributed by atoms with Crippen LogP contribution in [0.4, 0.5) is 11.8 Å². The normalized spacial score (nSPS) is 10.5. The second-order valence-corrected chi connectivity index (χ2v) is 4.10. The highest BCUT2D eigenvalue weighted by atomic mass is 16.3. The molecule has 0 saturated heterocycles. The molecule has 0 aromatic carbocycles. The lowest BCUT2D eigenvalue weighted by molar-refractivity contribution is 0.481. The number of aryl methyl sites for hydroxylation is 2. The van der Waals surface area contributed by atoms with Gasteiger partial charge in [-0.3, -0.25) is 0 Å². The minimum absolute atomic E-state index is 0.285. The Morgan fingerprint density at radius 1 is 1.35 bits per heavy atom. The first-order valence-corrected chi connectivity index (χ1v) is 5.42. The number of anilines is 2.